The second-order valence-electron chi connectivity index (χ2n) is 6.18. The SMILES string of the molecule is O=C1N2CCc3cccc(c32)CC12COc1ccccc12. The number of para-hydroxylation sites is 2. The quantitative estimate of drug-likeness (QED) is 0.740. The maximum Gasteiger partial charge on any atom is 0.241 e. The molecule has 3 aliphatic heterocycles. The lowest BCUT2D eigenvalue weighted by molar-refractivity contribution is -0.124. The molecule has 0 saturated carbocycles. The van der Waals surface area contributed by atoms with Gasteiger partial charge in [-0.25, -0.2) is 0 Å². The summed E-state index contributed by atoms with van der Waals surface area (Å²) in [6.07, 6.45) is 1.72. The molecule has 1 spiro atoms. The van der Waals surface area contributed by atoms with E-state index in [1.165, 1.54) is 11.1 Å². The normalized spacial score (nSPS) is 25.0. The van der Waals surface area contributed by atoms with Crippen LogP contribution in [0.25, 0.3) is 0 Å². The molecule has 0 aromatic heterocycles. The van der Waals surface area contributed by atoms with Gasteiger partial charge in [0.15, 0.2) is 0 Å². The summed E-state index contributed by atoms with van der Waals surface area (Å²) in [6, 6.07) is 14.4. The van der Waals surface area contributed by atoms with Crippen LogP contribution in [-0.4, -0.2) is 19.1 Å². The van der Waals surface area contributed by atoms with Crippen LogP contribution in [0.3, 0.4) is 0 Å². The Bertz CT molecular complexity index is 783. The molecular formula is C18H15NO2. The highest BCUT2D eigenvalue weighted by molar-refractivity contribution is 6.06. The lowest BCUT2D eigenvalue weighted by Crippen LogP contribution is -2.52. The van der Waals surface area contributed by atoms with Crippen LogP contribution in [0.4, 0.5) is 5.69 Å². The summed E-state index contributed by atoms with van der Waals surface area (Å²) in [7, 11) is 0. The van der Waals surface area contributed by atoms with Crippen LogP contribution in [0.1, 0.15) is 16.7 Å². The van der Waals surface area contributed by atoms with Crippen molar-refractivity contribution in [2.24, 2.45) is 0 Å². The zero-order valence-corrected chi connectivity index (χ0v) is 11.6. The van der Waals surface area contributed by atoms with Gasteiger partial charge in [-0.2, -0.15) is 0 Å². The number of hydrogen-bond acceptors (Lipinski definition) is 2. The van der Waals surface area contributed by atoms with Crippen molar-refractivity contribution < 1.29 is 9.53 Å². The van der Waals surface area contributed by atoms with E-state index in [0.717, 1.165) is 36.4 Å². The molecule has 0 N–H and O–H groups in total. The van der Waals surface area contributed by atoms with Gasteiger partial charge in [-0.05, 0) is 30.0 Å². The van der Waals surface area contributed by atoms with E-state index in [1.54, 1.807) is 0 Å². The van der Waals surface area contributed by atoms with E-state index in [2.05, 4.69) is 18.2 Å². The largest absolute Gasteiger partial charge is 0.492 e. The van der Waals surface area contributed by atoms with Gasteiger partial charge in [0.1, 0.15) is 17.8 Å². The number of amides is 1. The van der Waals surface area contributed by atoms with Gasteiger partial charge < -0.3 is 9.64 Å². The first-order chi connectivity index (χ1) is 10.3. The molecule has 2 aromatic carbocycles. The van der Waals surface area contributed by atoms with Gasteiger partial charge >= 0.3 is 0 Å². The third-order valence-corrected chi connectivity index (χ3v) is 5.10. The van der Waals surface area contributed by atoms with Crippen molar-refractivity contribution in [1.29, 1.82) is 0 Å². The van der Waals surface area contributed by atoms with Gasteiger partial charge in [0.25, 0.3) is 0 Å². The second kappa shape index (κ2) is 3.67. The summed E-state index contributed by atoms with van der Waals surface area (Å²) in [6.45, 7) is 1.26. The third-order valence-electron chi connectivity index (χ3n) is 5.10. The number of ether oxygens (including phenoxy) is 1. The first-order valence-electron chi connectivity index (χ1n) is 7.45. The average molecular weight is 277 g/mol. The Morgan fingerprint density at radius 1 is 1.05 bits per heavy atom. The molecule has 1 unspecified atom stereocenters. The summed E-state index contributed by atoms with van der Waals surface area (Å²) >= 11 is 0. The Balaban J connectivity index is 1.75. The molecule has 21 heavy (non-hydrogen) atoms. The summed E-state index contributed by atoms with van der Waals surface area (Å²) in [4.78, 5) is 15.2. The van der Waals surface area contributed by atoms with Gasteiger partial charge in [0.05, 0.1) is 5.69 Å². The number of nitrogens with zero attached hydrogens (tertiary/aromatic N) is 1. The van der Waals surface area contributed by atoms with E-state index in [1.807, 2.05) is 29.2 Å². The van der Waals surface area contributed by atoms with Crippen molar-refractivity contribution in [1.82, 2.24) is 0 Å². The van der Waals surface area contributed by atoms with Gasteiger partial charge in [-0.15, -0.1) is 0 Å². The first kappa shape index (κ1) is 11.4. The van der Waals surface area contributed by atoms with Crippen LogP contribution in [0.15, 0.2) is 42.5 Å². The van der Waals surface area contributed by atoms with E-state index in [4.69, 9.17) is 4.74 Å². The second-order valence-corrected chi connectivity index (χ2v) is 6.18. The number of fused-ring (bicyclic) bond motifs is 2. The van der Waals surface area contributed by atoms with Crippen molar-refractivity contribution >= 4 is 11.6 Å². The predicted molar refractivity (Wildman–Crippen MR) is 79.8 cm³/mol. The number of carbonyl (C=O) groups is 1. The van der Waals surface area contributed by atoms with E-state index < -0.39 is 5.41 Å². The first-order valence-corrected chi connectivity index (χ1v) is 7.45. The maximum absolute atomic E-state index is 13.2. The Labute approximate surface area is 123 Å². The molecule has 3 nitrogen and oxygen atoms in total. The average Bonchev–Trinajstić information content (AvgIpc) is 3.10. The van der Waals surface area contributed by atoms with E-state index >= 15 is 0 Å². The standard InChI is InChI=1S/C18H15NO2/c20-17-18(11-21-15-7-2-1-6-14(15)18)10-13-5-3-4-12-8-9-19(17)16(12)13/h1-7H,8-11H2. The topological polar surface area (TPSA) is 29.5 Å². The zero-order valence-electron chi connectivity index (χ0n) is 11.6. The number of carbonyl (C=O) groups excluding carboxylic acids is 1. The number of benzene rings is 2. The molecule has 3 heterocycles. The van der Waals surface area contributed by atoms with E-state index in [0.29, 0.717) is 6.61 Å². The lowest BCUT2D eigenvalue weighted by atomic mass is 9.73. The molecule has 0 fully saturated rings. The molecule has 3 heteroatoms. The van der Waals surface area contributed by atoms with Gasteiger partial charge in [0.2, 0.25) is 5.91 Å². The molecule has 5 rings (SSSR count). The van der Waals surface area contributed by atoms with E-state index in [9.17, 15) is 4.79 Å². The van der Waals surface area contributed by atoms with Crippen molar-refractivity contribution in [2.45, 2.75) is 18.3 Å². The molecule has 0 bridgehead atoms. The molecule has 104 valence electrons. The minimum absolute atomic E-state index is 0.213. The fraction of sp³-hybridized carbons (Fsp3) is 0.278. The fourth-order valence-electron chi connectivity index (χ4n) is 4.13. The van der Waals surface area contributed by atoms with E-state index in [-0.39, 0.29) is 5.91 Å². The lowest BCUT2D eigenvalue weighted by Gasteiger charge is -2.37. The van der Waals surface area contributed by atoms with Crippen LogP contribution < -0.4 is 9.64 Å². The van der Waals surface area contributed by atoms with Crippen LogP contribution >= 0.6 is 0 Å². The Morgan fingerprint density at radius 2 is 1.90 bits per heavy atom. The smallest absolute Gasteiger partial charge is 0.241 e. The molecule has 2 aromatic rings. The molecule has 1 atom stereocenters. The Kier molecular flexibility index (Phi) is 1.99. The van der Waals surface area contributed by atoms with Crippen molar-refractivity contribution in [2.75, 3.05) is 18.1 Å². The molecule has 0 radical (unpaired) electrons. The third kappa shape index (κ3) is 1.27. The summed E-state index contributed by atoms with van der Waals surface area (Å²) in [5.74, 6) is 1.08. The van der Waals surface area contributed by atoms with Crippen LogP contribution in [0.5, 0.6) is 5.75 Å². The Morgan fingerprint density at radius 3 is 2.86 bits per heavy atom. The molecule has 3 aliphatic rings. The molecule has 1 amide bonds. The van der Waals surface area contributed by atoms with Crippen LogP contribution in [0, 0.1) is 0 Å². The highest BCUT2D eigenvalue weighted by Crippen LogP contribution is 2.49. The van der Waals surface area contributed by atoms with Crippen LogP contribution in [0.2, 0.25) is 0 Å². The molecule has 0 saturated heterocycles. The fourth-order valence-corrected chi connectivity index (χ4v) is 4.13. The van der Waals surface area contributed by atoms with Gasteiger partial charge in [-0.1, -0.05) is 36.4 Å². The number of rotatable bonds is 0. The van der Waals surface area contributed by atoms with Crippen molar-refractivity contribution in [3.63, 3.8) is 0 Å². The predicted octanol–water partition coefficient (Wildman–Crippen LogP) is 2.46. The van der Waals surface area contributed by atoms with Crippen molar-refractivity contribution in [3.8, 4) is 5.75 Å². The number of hydrogen-bond donors (Lipinski definition) is 0. The summed E-state index contributed by atoms with van der Waals surface area (Å²) in [5, 5.41) is 0. The minimum atomic E-state index is -0.521. The highest BCUT2D eigenvalue weighted by atomic mass is 16.5. The highest BCUT2D eigenvalue weighted by Gasteiger charge is 2.53. The Hall–Kier alpha value is -2.29. The van der Waals surface area contributed by atoms with Gasteiger partial charge in [0, 0.05) is 12.1 Å². The van der Waals surface area contributed by atoms with Crippen LogP contribution in [-0.2, 0) is 23.1 Å². The number of anilines is 1. The van der Waals surface area contributed by atoms with Gasteiger partial charge in [-0.3, -0.25) is 4.79 Å². The summed E-state index contributed by atoms with van der Waals surface area (Å²) < 4.78 is 5.84. The maximum atomic E-state index is 13.2. The minimum Gasteiger partial charge on any atom is -0.492 e. The molecule has 0 aliphatic carbocycles. The van der Waals surface area contributed by atoms with Crippen molar-refractivity contribution in [3.05, 3.63) is 59.2 Å². The monoisotopic (exact) mass is 277 g/mol. The zero-order chi connectivity index (χ0) is 14.0. The summed E-state index contributed by atoms with van der Waals surface area (Å²) in [5.41, 5.74) is 4.29. The molecular weight excluding hydrogens is 262 g/mol.